The highest BCUT2D eigenvalue weighted by Gasteiger charge is 2.09. The van der Waals surface area contributed by atoms with Crippen molar-refractivity contribution in [3.05, 3.63) is 54.1 Å². The van der Waals surface area contributed by atoms with Crippen molar-refractivity contribution in [2.45, 2.75) is 26.9 Å². The Kier molecular flexibility index (Phi) is 3.23. The molecule has 0 saturated heterocycles. The minimum absolute atomic E-state index is 0.204. The van der Waals surface area contributed by atoms with Crippen LogP contribution in [0.3, 0.4) is 0 Å². The van der Waals surface area contributed by atoms with Crippen molar-refractivity contribution in [3.8, 4) is 17.0 Å². The summed E-state index contributed by atoms with van der Waals surface area (Å²) >= 11 is 0. The summed E-state index contributed by atoms with van der Waals surface area (Å²) in [5, 5.41) is 1.28. The van der Waals surface area contributed by atoms with E-state index in [9.17, 15) is 0 Å². The number of hydrogen-bond acceptors (Lipinski definition) is 1. The first kappa shape index (κ1) is 12.8. The molecule has 2 nitrogen and oxygen atoms in total. The lowest BCUT2D eigenvalue weighted by Gasteiger charge is -2.10. The molecule has 0 amide bonds. The molecule has 1 aromatic heterocycles. The van der Waals surface area contributed by atoms with Crippen LogP contribution in [0.5, 0.6) is 5.75 Å². The summed E-state index contributed by atoms with van der Waals surface area (Å²) in [7, 11) is 0. The Bertz CT molecular complexity index is 723. The molecule has 102 valence electrons. The second kappa shape index (κ2) is 5.04. The maximum absolute atomic E-state index is 5.68. The molecule has 0 radical (unpaired) electrons. The maximum atomic E-state index is 5.68. The summed E-state index contributed by atoms with van der Waals surface area (Å²) < 4.78 is 5.68. The molecule has 0 aliphatic rings. The second-order valence-electron chi connectivity index (χ2n) is 5.36. The van der Waals surface area contributed by atoms with Crippen LogP contribution < -0.4 is 4.74 Å². The molecule has 0 bridgehead atoms. The Labute approximate surface area is 119 Å². The third-order valence-corrected chi connectivity index (χ3v) is 3.48. The standard InChI is InChI=1S/C18H19NO/c1-12(2)20-15-10-8-14(9-11-15)18-13(3)16-6-4-5-7-17(16)19-18/h4-12,19H,1-3H3. The number of benzene rings is 2. The van der Waals surface area contributed by atoms with Crippen LogP contribution in [-0.4, -0.2) is 11.1 Å². The molecule has 0 atom stereocenters. The van der Waals surface area contributed by atoms with Crippen LogP contribution in [0, 0.1) is 6.92 Å². The van der Waals surface area contributed by atoms with Crippen molar-refractivity contribution < 1.29 is 4.74 Å². The average molecular weight is 265 g/mol. The van der Waals surface area contributed by atoms with E-state index in [0.717, 1.165) is 5.75 Å². The summed E-state index contributed by atoms with van der Waals surface area (Å²) in [6.45, 7) is 6.23. The largest absolute Gasteiger partial charge is 0.491 e. The van der Waals surface area contributed by atoms with E-state index in [2.05, 4.69) is 48.3 Å². The number of para-hydroxylation sites is 1. The van der Waals surface area contributed by atoms with Gasteiger partial charge in [-0.15, -0.1) is 0 Å². The normalized spacial score (nSPS) is 11.2. The van der Waals surface area contributed by atoms with Gasteiger partial charge >= 0.3 is 0 Å². The van der Waals surface area contributed by atoms with Crippen LogP contribution >= 0.6 is 0 Å². The van der Waals surface area contributed by atoms with Crippen molar-refractivity contribution in [3.63, 3.8) is 0 Å². The van der Waals surface area contributed by atoms with Gasteiger partial charge in [-0.3, -0.25) is 0 Å². The van der Waals surface area contributed by atoms with Gasteiger partial charge in [0.05, 0.1) is 6.10 Å². The van der Waals surface area contributed by atoms with Gasteiger partial charge in [0.15, 0.2) is 0 Å². The quantitative estimate of drug-likeness (QED) is 0.713. The number of ether oxygens (including phenoxy) is 1. The molecule has 0 saturated carbocycles. The molecular weight excluding hydrogens is 246 g/mol. The van der Waals surface area contributed by atoms with Gasteiger partial charge < -0.3 is 9.72 Å². The molecule has 3 rings (SSSR count). The molecular formula is C18H19NO. The smallest absolute Gasteiger partial charge is 0.119 e. The number of fused-ring (bicyclic) bond motifs is 1. The molecule has 0 spiro atoms. The third kappa shape index (κ3) is 2.29. The zero-order chi connectivity index (χ0) is 14.1. The minimum atomic E-state index is 0.204. The van der Waals surface area contributed by atoms with Gasteiger partial charge in [0, 0.05) is 16.6 Å². The monoisotopic (exact) mass is 265 g/mol. The van der Waals surface area contributed by atoms with E-state index in [1.54, 1.807) is 0 Å². The summed E-state index contributed by atoms with van der Waals surface area (Å²) in [6.07, 6.45) is 0.204. The van der Waals surface area contributed by atoms with E-state index >= 15 is 0 Å². The fourth-order valence-electron chi connectivity index (χ4n) is 2.54. The predicted octanol–water partition coefficient (Wildman–Crippen LogP) is 4.93. The van der Waals surface area contributed by atoms with Crippen LogP contribution in [0.25, 0.3) is 22.2 Å². The summed E-state index contributed by atoms with van der Waals surface area (Å²) in [4.78, 5) is 3.50. The lowest BCUT2D eigenvalue weighted by atomic mass is 10.1. The van der Waals surface area contributed by atoms with E-state index in [1.165, 1.54) is 27.7 Å². The highest BCUT2D eigenvalue weighted by molar-refractivity contribution is 5.90. The van der Waals surface area contributed by atoms with Crippen molar-refractivity contribution >= 4 is 10.9 Å². The number of aryl methyl sites for hydroxylation is 1. The van der Waals surface area contributed by atoms with Crippen LogP contribution in [-0.2, 0) is 0 Å². The fourth-order valence-corrected chi connectivity index (χ4v) is 2.54. The summed E-state index contributed by atoms with van der Waals surface area (Å²) in [6, 6.07) is 16.7. The highest BCUT2D eigenvalue weighted by atomic mass is 16.5. The van der Waals surface area contributed by atoms with Crippen molar-refractivity contribution in [2.24, 2.45) is 0 Å². The molecule has 0 aliphatic carbocycles. The molecule has 3 aromatic rings. The topological polar surface area (TPSA) is 25.0 Å². The first-order chi connectivity index (χ1) is 9.65. The summed E-state index contributed by atoms with van der Waals surface area (Å²) in [5.74, 6) is 0.914. The van der Waals surface area contributed by atoms with E-state index < -0.39 is 0 Å². The van der Waals surface area contributed by atoms with Gasteiger partial charge in [-0.2, -0.15) is 0 Å². The minimum Gasteiger partial charge on any atom is -0.491 e. The van der Waals surface area contributed by atoms with Crippen LogP contribution in [0.15, 0.2) is 48.5 Å². The Morgan fingerprint density at radius 2 is 1.65 bits per heavy atom. The van der Waals surface area contributed by atoms with Crippen molar-refractivity contribution in [1.82, 2.24) is 4.98 Å². The van der Waals surface area contributed by atoms with E-state index in [-0.39, 0.29) is 6.10 Å². The van der Waals surface area contributed by atoms with Crippen LogP contribution in [0.4, 0.5) is 0 Å². The Morgan fingerprint density at radius 1 is 0.950 bits per heavy atom. The molecule has 0 aliphatic heterocycles. The molecule has 2 aromatic carbocycles. The SMILES string of the molecule is Cc1c(-c2ccc(OC(C)C)cc2)[nH]c2ccccc12. The highest BCUT2D eigenvalue weighted by Crippen LogP contribution is 2.30. The molecule has 0 fully saturated rings. The lowest BCUT2D eigenvalue weighted by Crippen LogP contribution is -2.05. The average Bonchev–Trinajstić information content (AvgIpc) is 2.77. The van der Waals surface area contributed by atoms with Crippen LogP contribution in [0.2, 0.25) is 0 Å². The summed E-state index contributed by atoms with van der Waals surface area (Å²) in [5.41, 5.74) is 4.85. The number of rotatable bonds is 3. The van der Waals surface area contributed by atoms with E-state index in [0.29, 0.717) is 0 Å². The molecule has 0 unspecified atom stereocenters. The Hall–Kier alpha value is -2.22. The van der Waals surface area contributed by atoms with Gasteiger partial charge in [-0.05, 0) is 62.2 Å². The van der Waals surface area contributed by atoms with Gasteiger partial charge in [-0.25, -0.2) is 0 Å². The first-order valence-electron chi connectivity index (χ1n) is 6.99. The molecule has 1 heterocycles. The third-order valence-electron chi connectivity index (χ3n) is 3.48. The molecule has 2 heteroatoms. The van der Waals surface area contributed by atoms with Crippen molar-refractivity contribution in [1.29, 1.82) is 0 Å². The van der Waals surface area contributed by atoms with Gasteiger partial charge in [0.1, 0.15) is 5.75 Å². The van der Waals surface area contributed by atoms with E-state index in [4.69, 9.17) is 4.74 Å². The molecule has 1 N–H and O–H groups in total. The second-order valence-corrected chi connectivity index (χ2v) is 5.36. The van der Waals surface area contributed by atoms with Crippen molar-refractivity contribution in [2.75, 3.05) is 0 Å². The number of H-pyrrole nitrogens is 1. The zero-order valence-electron chi connectivity index (χ0n) is 12.1. The number of nitrogens with one attached hydrogen (secondary N) is 1. The maximum Gasteiger partial charge on any atom is 0.119 e. The van der Waals surface area contributed by atoms with E-state index in [1.807, 2.05) is 26.0 Å². The van der Waals surface area contributed by atoms with Gasteiger partial charge in [0.2, 0.25) is 0 Å². The van der Waals surface area contributed by atoms with Gasteiger partial charge in [-0.1, -0.05) is 18.2 Å². The Morgan fingerprint density at radius 3 is 2.30 bits per heavy atom. The lowest BCUT2D eigenvalue weighted by molar-refractivity contribution is 0.242. The Balaban J connectivity index is 2.00. The first-order valence-corrected chi connectivity index (χ1v) is 6.99. The predicted molar refractivity (Wildman–Crippen MR) is 84.2 cm³/mol. The van der Waals surface area contributed by atoms with Gasteiger partial charge in [0.25, 0.3) is 0 Å². The van der Waals surface area contributed by atoms with Crippen LogP contribution in [0.1, 0.15) is 19.4 Å². The number of hydrogen-bond donors (Lipinski definition) is 1. The number of aromatic amines is 1. The zero-order valence-corrected chi connectivity index (χ0v) is 12.1. The molecule has 20 heavy (non-hydrogen) atoms. The number of aromatic nitrogens is 1. The fraction of sp³-hybridized carbons (Fsp3) is 0.222.